The molecule has 4 nitrogen and oxygen atoms in total. The van der Waals surface area contributed by atoms with Gasteiger partial charge >= 0.3 is 0 Å². The lowest BCUT2D eigenvalue weighted by Crippen LogP contribution is -1.96. The van der Waals surface area contributed by atoms with Crippen LogP contribution in [0.5, 0.6) is 0 Å². The molecule has 0 aliphatic carbocycles. The van der Waals surface area contributed by atoms with Crippen LogP contribution in [0.4, 0.5) is 0 Å². The van der Waals surface area contributed by atoms with Gasteiger partial charge in [0.1, 0.15) is 0 Å². The average molecular weight is 321 g/mol. The Labute approximate surface area is 139 Å². The van der Waals surface area contributed by atoms with E-state index >= 15 is 0 Å². The maximum absolute atomic E-state index is 8.49. The first kappa shape index (κ1) is 15.1. The van der Waals surface area contributed by atoms with Crippen molar-refractivity contribution in [3.8, 4) is 23.6 Å². The summed E-state index contributed by atoms with van der Waals surface area (Å²) in [5.74, 6) is 6.13. The molecule has 2 heterocycles. The van der Waals surface area contributed by atoms with Crippen LogP contribution >= 0.6 is 11.6 Å². The molecule has 5 heteroatoms. The second-order valence-corrected chi connectivity index (χ2v) is 5.42. The lowest BCUT2D eigenvalue weighted by Gasteiger charge is -2.05. The molecule has 0 atom stereocenters. The third-order valence-electron chi connectivity index (χ3n) is 3.33. The number of unbranched alkanes of at least 4 members (excludes halogenated alkanes) is 2. The van der Waals surface area contributed by atoms with Crippen LogP contribution < -0.4 is 0 Å². The topological polar surface area (TPSA) is 54.5 Å². The van der Waals surface area contributed by atoms with Gasteiger partial charge in [0.2, 0.25) is 0 Å². The van der Waals surface area contributed by atoms with Crippen molar-refractivity contribution in [2.24, 2.45) is 0 Å². The summed E-state index contributed by atoms with van der Waals surface area (Å²) in [7, 11) is 0. The summed E-state index contributed by atoms with van der Waals surface area (Å²) < 4.78 is 1.79. The summed E-state index contributed by atoms with van der Waals surface area (Å²) >= 11 is 6.01. The first-order chi connectivity index (χ1) is 11.3. The Bertz CT molecular complexity index is 941. The Morgan fingerprint density at radius 1 is 1.22 bits per heavy atom. The molecule has 23 heavy (non-hydrogen) atoms. The molecule has 0 unspecified atom stereocenters. The number of benzene rings is 1. The Hall–Kier alpha value is -2.82. The van der Waals surface area contributed by atoms with Crippen LogP contribution in [-0.4, -0.2) is 14.8 Å². The normalized spacial score (nSPS) is 10.1. The highest BCUT2D eigenvalue weighted by atomic mass is 35.5. The minimum Gasteiger partial charge on any atom is -0.256 e. The lowest BCUT2D eigenvalue weighted by molar-refractivity contribution is 0.886. The van der Waals surface area contributed by atoms with Gasteiger partial charge in [-0.1, -0.05) is 23.4 Å². The van der Waals surface area contributed by atoms with Gasteiger partial charge in [0, 0.05) is 35.6 Å². The van der Waals surface area contributed by atoms with Crippen LogP contribution in [0.2, 0.25) is 5.02 Å². The average Bonchev–Trinajstić information content (AvgIpc) is 3.02. The van der Waals surface area contributed by atoms with Crippen molar-refractivity contribution in [3.63, 3.8) is 0 Å². The summed E-state index contributed by atoms with van der Waals surface area (Å²) in [6.07, 6.45) is 7.42. The highest BCUT2D eigenvalue weighted by Gasteiger charge is 2.06. The first-order valence-electron chi connectivity index (χ1n) is 7.23. The van der Waals surface area contributed by atoms with Gasteiger partial charge < -0.3 is 0 Å². The fraction of sp³-hybridized carbons (Fsp3) is 0.167. The Morgan fingerprint density at radius 2 is 2.13 bits per heavy atom. The molecule has 3 rings (SSSR count). The van der Waals surface area contributed by atoms with Crippen LogP contribution in [0.15, 0.2) is 42.9 Å². The van der Waals surface area contributed by atoms with E-state index in [1.54, 1.807) is 17.1 Å². The Kier molecular flexibility index (Phi) is 4.57. The van der Waals surface area contributed by atoms with Crippen molar-refractivity contribution in [1.29, 1.82) is 5.26 Å². The van der Waals surface area contributed by atoms with Crippen molar-refractivity contribution in [2.45, 2.75) is 19.3 Å². The molecule has 2 aromatic heterocycles. The summed E-state index contributed by atoms with van der Waals surface area (Å²) in [5, 5.41) is 14.5. The molecule has 0 spiro atoms. The quantitative estimate of drug-likeness (QED) is 0.539. The summed E-state index contributed by atoms with van der Waals surface area (Å²) in [4.78, 5) is 4.33. The fourth-order valence-corrected chi connectivity index (χ4v) is 2.41. The first-order valence-corrected chi connectivity index (χ1v) is 7.61. The lowest BCUT2D eigenvalue weighted by atomic mass is 10.2. The van der Waals surface area contributed by atoms with Gasteiger partial charge in [-0.15, -0.1) is 0 Å². The predicted octanol–water partition coefficient (Wildman–Crippen LogP) is 4.12. The smallest absolute Gasteiger partial charge is 0.0755 e. The van der Waals surface area contributed by atoms with E-state index < -0.39 is 0 Å². The zero-order valence-electron chi connectivity index (χ0n) is 12.3. The largest absolute Gasteiger partial charge is 0.256 e. The SMILES string of the molecule is N#CCCCC#Cc1cnn(-c2ccnc3cc(Cl)ccc23)c1. The van der Waals surface area contributed by atoms with Crippen LogP contribution in [0, 0.1) is 23.2 Å². The summed E-state index contributed by atoms with van der Waals surface area (Å²) in [5.41, 5.74) is 2.61. The van der Waals surface area contributed by atoms with Crippen molar-refractivity contribution in [2.75, 3.05) is 0 Å². The number of pyridine rings is 1. The van der Waals surface area contributed by atoms with Gasteiger partial charge in [-0.3, -0.25) is 4.98 Å². The molecule has 0 N–H and O–H groups in total. The monoisotopic (exact) mass is 320 g/mol. The number of nitriles is 1. The molecule has 0 amide bonds. The summed E-state index contributed by atoms with van der Waals surface area (Å²) in [6.45, 7) is 0. The molecule has 0 saturated carbocycles. The number of aromatic nitrogens is 3. The molecule has 112 valence electrons. The van der Waals surface area contributed by atoms with Crippen molar-refractivity contribution >= 4 is 22.5 Å². The van der Waals surface area contributed by atoms with Gasteiger partial charge in [0.25, 0.3) is 0 Å². The van der Waals surface area contributed by atoms with Crippen LogP contribution in [0.25, 0.3) is 16.6 Å². The number of fused-ring (bicyclic) bond motifs is 1. The fourth-order valence-electron chi connectivity index (χ4n) is 2.25. The standard InChI is InChI=1S/C18H13ClN4/c19-15-6-7-16-17(11-15)21-10-8-18(16)23-13-14(12-22-23)5-3-1-2-4-9-20/h6-8,10-13H,1-2,4H2. The number of halogens is 1. The van der Waals surface area contributed by atoms with E-state index in [9.17, 15) is 0 Å². The van der Waals surface area contributed by atoms with Gasteiger partial charge in [-0.25, -0.2) is 4.68 Å². The van der Waals surface area contributed by atoms with E-state index in [1.165, 1.54) is 0 Å². The van der Waals surface area contributed by atoms with Gasteiger partial charge in [0.15, 0.2) is 0 Å². The number of rotatable bonds is 3. The van der Waals surface area contributed by atoms with Crippen LogP contribution in [-0.2, 0) is 0 Å². The van der Waals surface area contributed by atoms with Gasteiger partial charge in [-0.2, -0.15) is 10.4 Å². The van der Waals surface area contributed by atoms with E-state index in [1.807, 2.05) is 30.5 Å². The molecular weight excluding hydrogens is 308 g/mol. The predicted molar refractivity (Wildman–Crippen MR) is 90.2 cm³/mol. The van der Waals surface area contributed by atoms with Crippen molar-refractivity contribution in [3.05, 3.63) is 53.4 Å². The molecule has 0 bridgehead atoms. The third-order valence-corrected chi connectivity index (χ3v) is 3.57. The van der Waals surface area contributed by atoms with E-state index in [4.69, 9.17) is 16.9 Å². The van der Waals surface area contributed by atoms with Crippen molar-refractivity contribution < 1.29 is 0 Å². The number of hydrogen-bond donors (Lipinski definition) is 0. The minimum atomic E-state index is 0.541. The van der Waals surface area contributed by atoms with E-state index in [0.29, 0.717) is 11.4 Å². The molecule has 0 radical (unpaired) electrons. The second kappa shape index (κ2) is 6.96. The molecule has 0 aliphatic rings. The van der Waals surface area contributed by atoms with Gasteiger partial charge in [-0.05, 0) is 30.7 Å². The number of nitrogens with zero attached hydrogens (tertiary/aromatic N) is 4. The third kappa shape index (κ3) is 3.51. The zero-order valence-corrected chi connectivity index (χ0v) is 13.1. The van der Waals surface area contributed by atoms with E-state index in [2.05, 4.69) is 28.0 Å². The van der Waals surface area contributed by atoms with Crippen molar-refractivity contribution in [1.82, 2.24) is 14.8 Å². The highest BCUT2D eigenvalue weighted by Crippen LogP contribution is 2.23. The molecule has 3 aromatic rings. The zero-order chi connectivity index (χ0) is 16.1. The minimum absolute atomic E-state index is 0.541. The van der Waals surface area contributed by atoms with E-state index in [0.717, 1.165) is 35.0 Å². The summed E-state index contributed by atoms with van der Waals surface area (Å²) in [6, 6.07) is 9.64. The Morgan fingerprint density at radius 3 is 3.00 bits per heavy atom. The molecule has 0 saturated heterocycles. The number of hydrogen-bond acceptors (Lipinski definition) is 3. The Balaban J connectivity index is 1.88. The molecule has 0 aliphatic heterocycles. The molecule has 1 aromatic carbocycles. The molecular formula is C18H13ClN4. The van der Waals surface area contributed by atoms with Gasteiger partial charge in [0.05, 0.1) is 29.0 Å². The second-order valence-electron chi connectivity index (χ2n) is 4.98. The maximum atomic E-state index is 8.49. The highest BCUT2D eigenvalue weighted by molar-refractivity contribution is 6.31. The van der Waals surface area contributed by atoms with Crippen LogP contribution in [0.3, 0.4) is 0 Å². The maximum Gasteiger partial charge on any atom is 0.0755 e. The van der Waals surface area contributed by atoms with E-state index in [-0.39, 0.29) is 0 Å². The van der Waals surface area contributed by atoms with Crippen LogP contribution in [0.1, 0.15) is 24.8 Å². The molecule has 0 fully saturated rings.